The van der Waals surface area contributed by atoms with Gasteiger partial charge in [-0.3, -0.25) is 0 Å². The molecule has 1 fully saturated rings. The molecule has 18 heavy (non-hydrogen) atoms. The van der Waals surface area contributed by atoms with Gasteiger partial charge in [-0.25, -0.2) is 9.78 Å². The number of carboxylic acid groups (broad SMARTS) is 1. The van der Waals surface area contributed by atoms with Crippen LogP contribution in [0.2, 0.25) is 0 Å². The minimum atomic E-state index is -1.04. The summed E-state index contributed by atoms with van der Waals surface area (Å²) in [7, 11) is 1.68. The molecule has 1 aliphatic rings. The summed E-state index contributed by atoms with van der Waals surface area (Å²) >= 11 is 0. The zero-order valence-electron chi connectivity index (χ0n) is 10.3. The van der Waals surface area contributed by atoms with Gasteiger partial charge in [-0.2, -0.15) is 0 Å². The molecule has 0 aliphatic carbocycles. The van der Waals surface area contributed by atoms with E-state index < -0.39 is 5.97 Å². The Morgan fingerprint density at radius 2 is 2.39 bits per heavy atom. The second-order valence-electron chi connectivity index (χ2n) is 4.36. The Labute approximate surface area is 105 Å². The summed E-state index contributed by atoms with van der Waals surface area (Å²) in [5, 5.41) is 8.95. The number of nitrogens with zero attached hydrogens (tertiary/aromatic N) is 2. The third-order valence-corrected chi connectivity index (χ3v) is 3.14. The van der Waals surface area contributed by atoms with Crippen molar-refractivity contribution in [2.75, 3.05) is 30.8 Å². The van der Waals surface area contributed by atoms with E-state index in [0.717, 1.165) is 19.4 Å². The second kappa shape index (κ2) is 5.22. The van der Waals surface area contributed by atoms with Crippen LogP contribution in [0.15, 0.2) is 12.1 Å². The van der Waals surface area contributed by atoms with Crippen molar-refractivity contribution >= 4 is 17.5 Å². The number of pyridine rings is 1. The third-order valence-electron chi connectivity index (χ3n) is 3.14. The van der Waals surface area contributed by atoms with Crippen LogP contribution in [0.5, 0.6) is 0 Å². The number of hydrogen-bond acceptors (Lipinski definition) is 5. The van der Waals surface area contributed by atoms with Crippen molar-refractivity contribution in [1.29, 1.82) is 0 Å². The van der Waals surface area contributed by atoms with Crippen molar-refractivity contribution in [3.63, 3.8) is 0 Å². The number of aromatic carboxylic acids is 1. The zero-order chi connectivity index (χ0) is 13.1. The summed E-state index contributed by atoms with van der Waals surface area (Å²) in [5.41, 5.74) is 6.38. The van der Waals surface area contributed by atoms with Gasteiger partial charge in [-0.05, 0) is 25.0 Å². The first kappa shape index (κ1) is 12.6. The van der Waals surface area contributed by atoms with Crippen molar-refractivity contribution in [1.82, 2.24) is 4.98 Å². The molecule has 1 atom stereocenters. The van der Waals surface area contributed by atoms with Crippen LogP contribution in [0, 0.1) is 0 Å². The Hall–Kier alpha value is -1.82. The molecule has 1 saturated heterocycles. The molecule has 6 nitrogen and oxygen atoms in total. The maximum Gasteiger partial charge on any atom is 0.354 e. The van der Waals surface area contributed by atoms with Gasteiger partial charge >= 0.3 is 5.97 Å². The lowest BCUT2D eigenvalue weighted by molar-refractivity contribution is 0.0690. The number of aromatic nitrogens is 1. The molecule has 0 aromatic carbocycles. The van der Waals surface area contributed by atoms with Gasteiger partial charge in [-0.1, -0.05) is 0 Å². The standard InChI is InChI=1S/C12H17N3O3/c1-18-8-3-2-6-15(7-8)11-9(13)4-5-10(14-11)12(16)17/h4-5,8H,2-3,6-7,13H2,1H3,(H,16,17). The van der Waals surface area contributed by atoms with E-state index in [0.29, 0.717) is 18.1 Å². The van der Waals surface area contributed by atoms with Crippen LogP contribution in [0.1, 0.15) is 23.3 Å². The predicted octanol–water partition coefficient (Wildman–Crippen LogP) is 0.977. The molecule has 1 unspecified atom stereocenters. The number of rotatable bonds is 3. The highest BCUT2D eigenvalue weighted by atomic mass is 16.5. The van der Waals surface area contributed by atoms with E-state index in [2.05, 4.69) is 4.98 Å². The van der Waals surface area contributed by atoms with Crippen LogP contribution in [-0.4, -0.2) is 42.4 Å². The Morgan fingerprint density at radius 1 is 1.61 bits per heavy atom. The molecule has 2 rings (SSSR count). The average Bonchev–Trinajstić information content (AvgIpc) is 2.39. The van der Waals surface area contributed by atoms with Gasteiger partial charge in [-0.15, -0.1) is 0 Å². The monoisotopic (exact) mass is 251 g/mol. The molecule has 0 saturated carbocycles. The van der Waals surface area contributed by atoms with E-state index in [4.69, 9.17) is 15.6 Å². The van der Waals surface area contributed by atoms with E-state index in [1.54, 1.807) is 13.2 Å². The number of methoxy groups -OCH3 is 1. The van der Waals surface area contributed by atoms with Crippen LogP contribution in [-0.2, 0) is 4.74 Å². The fourth-order valence-electron chi connectivity index (χ4n) is 2.15. The SMILES string of the molecule is COC1CCCN(c2nc(C(=O)O)ccc2N)C1. The number of nitrogens with two attached hydrogens (primary N) is 1. The van der Waals surface area contributed by atoms with Gasteiger partial charge in [0.25, 0.3) is 0 Å². The van der Waals surface area contributed by atoms with E-state index in [-0.39, 0.29) is 11.8 Å². The maximum atomic E-state index is 10.9. The van der Waals surface area contributed by atoms with Crippen molar-refractivity contribution in [2.45, 2.75) is 18.9 Å². The predicted molar refractivity (Wildman–Crippen MR) is 67.9 cm³/mol. The van der Waals surface area contributed by atoms with Gasteiger partial charge < -0.3 is 20.5 Å². The van der Waals surface area contributed by atoms with Crippen LogP contribution >= 0.6 is 0 Å². The lowest BCUT2D eigenvalue weighted by Gasteiger charge is -2.33. The van der Waals surface area contributed by atoms with Crippen molar-refractivity contribution in [3.8, 4) is 0 Å². The van der Waals surface area contributed by atoms with Crippen LogP contribution in [0.4, 0.5) is 11.5 Å². The van der Waals surface area contributed by atoms with E-state index in [1.165, 1.54) is 6.07 Å². The Morgan fingerprint density at radius 3 is 3.06 bits per heavy atom. The number of nitrogen functional groups attached to an aromatic ring is 1. The maximum absolute atomic E-state index is 10.9. The third kappa shape index (κ3) is 2.53. The number of carbonyl (C=O) groups is 1. The highest BCUT2D eigenvalue weighted by Crippen LogP contribution is 2.25. The number of carboxylic acids is 1. The molecule has 2 heterocycles. The lowest BCUT2D eigenvalue weighted by Crippen LogP contribution is -2.40. The highest BCUT2D eigenvalue weighted by molar-refractivity contribution is 5.87. The first-order valence-corrected chi connectivity index (χ1v) is 5.89. The molecule has 6 heteroatoms. The smallest absolute Gasteiger partial charge is 0.354 e. The summed E-state index contributed by atoms with van der Waals surface area (Å²) in [6.07, 6.45) is 2.14. The van der Waals surface area contributed by atoms with E-state index in [9.17, 15) is 4.79 Å². The molecule has 1 aromatic heterocycles. The number of anilines is 2. The van der Waals surface area contributed by atoms with Gasteiger partial charge in [0, 0.05) is 20.2 Å². The molecular formula is C12H17N3O3. The van der Waals surface area contributed by atoms with Crippen LogP contribution < -0.4 is 10.6 Å². The molecule has 0 spiro atoms. The Bertz CT molecular complexity index is 450. The van der Waals surface area contributed by atoms with Crippen molar-refractivity contribution in [2.24, 2.45) is 0 Å². The lowest BCUT2D eigenvalue weighted by atomic mass is 10.1. The van der Waals surface area contributed by atoms with Gasteiger partial charge in [0.1, 0.15) is 0 Å². The summed E-state index contributed by atoms with van der Waals surface area (Å²) in [5.74, 6) is -0.506. The Balaban J connectivity index is 2.26. The van der Waals surface area contributed by atoms with Crippen LogP contribution in [0.25, 0.3) is 0 Å². The molecule has 0 radical (unpaired) electrons. The second-order valence-corrected chi connectivity index (χ2v) is 4.36. The zero-order valence-corrected chi connectivity index (χ0v) is 10.3. The summed E-state index contributed by atoms with van der Waals surface area (Å²) < 4.78 is 5.33. The largest absolute Gasteiger partial charge is 0.477 e. The average molecular weight is 251 g/mol. The molecule has 1 aromatic rings. The number of hydrogen-bond donors (Lipinski definition) is 2. The fraction of sp³-hybridized carbons (Fsp3) is 0.500. The number of piperidine rings is 1. The van der Waals surface area contributed by atoms with Crippen molar-refractivity contribution in [3.05, 3.63) is 17.8 Å². The molecule has 98 valence electrons. The first-order valence-electron chi connectivity index (χ1n) is 5.89. The van der Waals surface area contributed by atoms with E-state index in [1.807, 2.05) is 4.90 Å². The highest BCUT2D eigenvalue weighted by Gasteiger charge is 2.22. The molecule has 0 amide bonds. The Kier molecular flexibility index (Phi) is 3.66. The fourth-order valence-corrected chi connectivity index (χ4v) is 2.15. The summed E-state index contributed by atoms with van der Waals surface area (Å²) in [6.45, 7) is 1.51. The number of ether oxygens (including phenoxy) is 1. The normalized spacial score (nSPS) is 19.8. The summed E-state index contributed by atoms with van der Waals surface area (Å²) in [6, 6.07) is 3.00. The minimum absolute atomic E-state index is 0.0127. The molecule has 3 N–H and O–H groups in total. The van der Waals surface area contributed by atoms with Crippen molar-refractivity contribution < 1.29 is 14.6 Å². The van der Waals surface area contributed by atoms with Crippen LogP contribution in [0.3, 0.4) is 0 Å². The topological polar surface area (TPSA) is 88.7 Å². The quantitative estimate of drug-likeness (QED) is 0.832. The van der Waals surface area contributed by atoms with Gasteiger partial charge in [0.05, 0.1) is 11.8 Å². The van der Waals surface area contributed by atoms with E-state index >= 15 is 0 Å². The molecule has 1 aliphatic heterocycles. The van der Waals surface area contributed by atoms with Gasteiger partial charge in [0.2, 0.25) is 0 Å². The summed E-state index contributed by atoms with van der Waals surface area (Å²) in [4.78, 5) is 17.0. The first-order chi connectivity index (χ1) is 8.61. The molecule has 0 bridgehead atoms. The van der Waals surface area contributed by atoms with Gasteiger partial charge in [0.15, 0.2) is 11.5 Å². The molecular weight excluding hydrogens is 234 g/mol. The minimum Gasteiger partial charge on any atom is -0.477 e.